The molecule has 1 aliphatic heterocycles. The number of carbonyl (C=O) groups is 3. The minimum absolute atomic E-state index is 0.159. The average molecular weight is 583 g/mol. The van der Waals surface area contributed by atoms with Crippen molar-refractivity contribution in [3.63, 3.8) is 0 Å². The maximum Gasteiger partial charge on any atom is 0.343 e. The lowest BCUT2D eigenvalue weighted by atomic mass is 10.0. The van der Waals surface area contributed by atoms with Crippen LogP contribution in [0.5, 0.6) is 11.5 Å². The first-order chi connectivity index (χ1) is 19.0. The van der Waals surface area contributed by atoms with E-state index in [1.165, 1.54) is 13.2 Å². The number of urea groups is 1. The molecule has 39 heavy (non-hydrogen) atoms. The Balaban J connectivity index is 1.50. The molecule has 1 aliphatic rings. The quantitative estimate of drug-likeness (QED) is 0.181. The second-order valence-corrected chi connectivity index (χ2v) is 9.53. The van der Waals surface area contributed by atoms with Crippen LogP contribution in [0.2, 0.25) is 0 Å². The zero-order chi connectivity index (χ0) is 27.4. The zero-order valence-corrected chi connectivity index (χ0v) is 22.5. The Morgan fingerprint density at radius 1 is 0.718 bits per heavy atom. The molecule has 0 radical (unpaired) electrons. The summed E-state index contributed by atoms with van der Waals surface area (Å²) in [6.07, 6.45) is 1.46. The molecule has 4 amide bonds. The van der Waals surface area contributed by atoms with Gasteiger partial charge in [-0.15, -0.1) is 0 Å². The summed E-state index contributed by atoms with van der Waals surface area (Å²) in [6, 6.07) is 29.2. The third-order valence-corrected chi connectivity index (χ3v) is 6.61. The lowest BCUT2D eigenvalue weighted by Gasteiger charge is -2.33. The van der Waals surface area contributed by atoms with Gasteiger partial charge < -0.3 is 9.47 Å². The fourth-order valence-corrected chi connectivity index (χ4v) is 4.41. The number of imide groups is 2. The van der Waals surface area contributed by atoms with Gasteiger partial charge in [0, 0.05) is 4.47 Å². The molecule has 1 heterocycles. The molecule has 0 saturated carbocycles. The highest BCUT2D eigenvalue weighted by Gasteiger charge is 2.43. The van der Waals surface area contributed by atoms with Crippen LogP contribution in [-0.4, -0.2) is 25.0 Å². The van der Waals surface area contributed by atoms with Crippen molar-refractivity contribution in [1.29, 1.82) is 0 Å². The molecule has 0 bridgehead atoms. The highest BCUT2D eigenvalue weighted by Crippen LogP contribution is 2.32. The molecule has 194 valence electrons. The maximum absolute atomic E-state index is 13.6. The van der Waals surface area contributed by atoms with Crippen molar-refractivity contribution >= 4 is 51.2 Å². The summed E-state index contributed by atoms with van der Waals surface area (Å²) in [6.45, 7) is 0.335. The van der Waals surface area contributed by atoms with Gasteiger partial charge in [0.05, 0.1) is 18.5 Å². The predicted molar refractivity (Wildman–Crippen MR) is 153 cm³/mol. The Bertz CT molecular complexity index is 1490. The van der Waals surface area contributed by atoms with E-state index in [0.717, 1.165) is 19.8 Å². The van der Waals surface area contributed by atoms with Gasteiger partial charge >= 0.3 is 6.03 Å². The van der Waals surface area contributed by atoms with E-state index in [0.29, 0.717) is 35.0 Å². The van der Waals surface area contributed by atoms with Crippen LogP contribution in [0.4, 0.5) is 16.2 Å². The number of hydrogen-bond acceptors (Lipinski definition) is 5. The molecule has 7 nitrogen and oxygen atoms in total. The number of hydrogen-bond donors (Lipinski definition) is 0. The molecule has 0 N–H and O–H groups in total. The second kappa shape index (κ2) is 11.4. The van der Waals surface area contributed by atoms with Crippen LogP contribution in [0.25, 0.3) is 6.08 Å². The van der Waals surface area contributed by atoms with Gasteiger partial charge in [0.2, 0.25) is 0 Å². The van der Waals surface area contributed by atoms with E-state index in [-0.39, 0.29) is 5.57 Å². The van der Waals surface area contributed by atoms with Crippen LogP contribution in [0, 0.1) is 0 Å². The fourth-order valence-electron chi connectivity index (χ4n) is 4.14. The molecule has 0 unspecified atom stereocenters. The number of benzene rings is 4. The Morgan fingerprint density at radius 3 is 1.82 bits per heavy atom. The molecule has 8 heteroatoms. The first kappa shape index (κ1) is 25.9. The van der Waals surface area contributed by atoms with E-state index < -0.39 is 17.8 Å². The Kier molecular flexibility index (Phi) is 7.56. The van der Waals surface area contributed by atoms with Gasteiger partial charge in [-0.2, -0.15) is 0 Å². The lowest BCUT2D eigenvalue weighted by Crippen LogP contribution is -2.57. The number of halogens is 1. The molecule has 0 aromatic heterocycles. The Labute approximate surface area is 234 Å². The molecule has 1 saturated heterocycles. The smallest absolute Gasteiger partial charge is 0.343 e. The molecule has 1 fully saturated rings. The summed E-state index contributed by atoms with van der Waals surface area (Å²) in [7, 11) is 1.52. The van der Waals surface area contributed by atoms with E-state index in [1.54, 1.807) is 78.9 Å². The molecular weight excluding hydrogens is 560 g/mol. The van der Waals surface area contributed by atoms with Gasteiger partial charge in [0.1, 0.15) is 12.2 Å². The van der Waals surface area contributed by atoms with Crippen LogP contribution in [0.1, 0.15) is 11.1 Å². The monoisotopic (exact) mass is 582 g/mol. The standard InChI is InChI=1S/C31H23BrN2O5/c1-38-28-19-22(14-17-27(28)39-20-21-12-15-23(32)16-13-21)18-26-29(35)33(24-8-4-2-5-9-24)31(37)34(30(26)36)25-10-6-3-7-11-25/h2-19H,20H2,1H3. The molecule has 0 spiro atoms. The van der Waals surface area contributed by atoms with Crippen LogP contribution in [0.3, 0.4) is 0 Å². The number of amides is 4. The number of rotatable bonds is 7. The SMILES string of the molecule is COc1cc(C=C2C(=O)N(c3ccccc3)C(=O)N(c3ccccc3)C2=O)ccc1OCc1ccc(Br)cc1. The summed E-state index contributed by atoms with van der Waals surface area (Å²) in [5.41, 5.74) is 2.08. The molecule has 0 atom stereocenters. The van der Waals surface area contributed by atoms with Crippen molar-refractivity contribution in [2.24, 2.45) is 0 Å². The molecule has 5 rings (SSSR count). The van der Waals surface area contributed by atoms with E-state index in [1.807, 2.05) is 24.3 Å². The number of carbonyl (C=O) groups excluding carboxylic acids is 3. The number of methoxy groups -OCH3 is 1. The van der Waals surface area contributed by atoms with Crippen LogP contribution in [-0.2, 0) is 16.2 Å². The van der Waals surface area contributed by atoms with Crippen LogP contribution in [0.15, 0.2) is 113 Å². The summed E-state index contributed by atoms with van der Waals surface area (Å²) >= 11 is 3.42. The number of nitrogens with zero attached hydrogens (tertiary/aromatic N) is 2. The Morgan fingerprint density at radius 2 is 1.28 bits per heavy atom. The fraction of sp³-hybridized carbons (Fsp3) is 0.0645. The number of ether oxygens (including phenoxy) is 2. The van der Waals surface area contributed by atoms with E-state index in [2.05, 4.69) is 15.9 Å². The average Bonchev–Trinajstić information content (AvgIpc) is 2.96. The topological polar surface area (TPSA) is 76.2 Å². The Hall–Kier alpha value is -4.69. The van der Waals surface area contributed by atoms with Crippen molar-refractivity contribution < 1.29 is 23.9 Å². The zero-order valence-electron chi connectivity index (χ0n) is 20.9. The first-order valence-corrected chi connectivity index (χ1v) is 12.9. The first-order valence-electron chi connectivity index (χ1n) is 12.1. The van der Waals surface area contributed by atoms with Gasteiger partial charge in [-0.1, -0.05) is 70.5 Å². The van der Waals surface area contributed by atoms with Gasteiger partial charge in [0.25, 0.3) is 11.8 Å². The number of para-hydroxylation sites is 2. The predicted octanol–water partition coefficient (Wildman–Crippen LogP) is 6.62. The summed E-state index contributed by atoms with van der Waals surface area (Å²) in [4.78, 5) is 42.6. The number of barbiturate groups is 1. The van der Waals surface area contributed by atoms with Crippen molar-refractivity contribution in [3.8, 4) is 11.5 Å². The van der Waals surface area contributed by atoms with E-state index in [4.69, 9.17) is 9.47 Å². The molecule has 0 aliphatic carbocycles. The largest absolute Gasteiger partial charge is 0.493 e. The van der Waals surface area contributed by atoms with Crippen molar-refractivity contribution in [2.75, 3.05) is 16.9 Å². The van der Waals surface area contributed by atoms with Gasteiger partial charge in [0.15, 0.2) is 11.5 Å². The molecular formula is C31H23BrN2O5. The minimum atomic E-state index is -0.742. The normalized spacial score (nSPS) is 13.5. The summed E-state index contributed by atoms with van der Waals surface area (Å²) in [5, 5.41) is 0. The minimum Gasteiger partial charge on any atom is -0.493 e. The molecule has 4 aromatic carbocycles. The van der Waals surface area contributed by atoms with Crippen molar-refractivity contribution in [2.45, 2.75) is 6.61 Å². The van der Waals surface area contributed by atoms with Gasteiger partial charge in [-0.05, 0) is 65.7 Å². The van der Waals surface area contributed by atoms with Gasteiger partial charge in [-0.25, -0.2) is 14.6 Å². The lowest BCUT2D eigenvalue weighted by molar-refractivity contribution is -0.121. The van der Waals surface area contributed by atoms with Crippen LogP contribution >= 0.6 is 15.9 Å². The van der Waals surface area contributed by atoms with Crippen molar-refractivity contribution in [1.82, 2.24) is 0 Å². The second-order valence-electron chi connectivity index (χ2n) is 8.62. The number of anilines is 2. The maximum atomic E-state index is 13.6. The third-order valence-electron chi connectivity index (χ3n) is 6.08. The van der Waals surface area contributed by atoms with Crippen molar-refractivity contribution in [3.05, 3.63) is 124 Å². The third kappa shape index (κ3) is 5.46. The summed E-state index contributed by atoms with van der Waals surface area (Å²) in [5.74, 6) is -0.472. The van der Waals surface area contributed by atoms with Gasteiger partial charge in [-0.3, -0.25) is 9.59 Å². The highest BCUT2D eigenvalue weighted by atomic mass is 79.9. The van der Waals surface area contributed by atoms with E-state index >= 15 is 0 Å². The van der Waals surface area contributed by atoms with E-state index in [9.17, 15) is 14.4 Å². The molecule has 4 aromatic rings. The summed E-state index contributed by atoms with van der Waals surface area (Å²) < 4.78 is 12.5. The van der Waals surface area contributed by atoms with Crippen LogP contribution < -0.4 is 19.3 Å². The highest BCUT2D eigenvalue weighted by molar-refractivity contribution is 9.10.